The van der Waals surface area contributed by atoms with E-state index in [4.69, 9.17) is 9.84 Å². The topological polar surface area (TPSA) is 32.7 Å². The third-order valence-corrected chi connectivity index (χ3v) is 3.31. The lowest BCUT2D eigenvalue weighted by Gasteiger charge is -2.39. The first-order valence-electron chi connectivity index (χ1n) is 5.37. The van der Waals surface area contributed by atoms with Gasteiger partial charge in [-0.3, -0.25) is 4.90 Å². The van der Waals surface area contributed by atoms with Gasteiger partial charge < -0.3 is 9.84 Å². The lowest BCUT2D eigenvalue weighted by molar-refractivity contribution is -0.109. The summed E-state index contributed by atoms with van der Waals surface area (Å²) < 4.78 is 5.86. The molecule has 13 heavy (non-hydrogen) atoms. The van der Waals surface area contributed by atoms with Crippen LogP contribution in [0, 0.1) is 0 Å². The van der Waals surface area contributed by atoms with Gasteiger partial charge in [-0.1, -0.05) is 6.42 Å². The van der Waals surface area contributed by atoms with Crippen molar-refractivity contribution in [1.82, 2.24) is 4.90 Å². The van der Waals surface area contributed by atoms with E-state index in [-0.39, 0.29) is 12.3 Å². The molecule has 1 saturated carbocycles. The van der Waals surface area contributed by atoms with Crippen molar-refractivity contribution in [3.8, 4) is 0 Å². The highest BCUT2D eigenvalue weighted by Crippen LogP contribution is 2.37. The van der Waals surface area contributed by atoms with Crippen LogP contribution in [0.5, 0.6) is 0 Å². The summed E-state index contributed by atoms with van der Waals surface area (Å²) in [4.78, 5) is 2.33. The Bertz CT molecular complexity index is 166. The van der Waals surface area contributed by atoms with Gasteiger partial charge in [-0.2, -0.15) is 0 Å². The highest BCUT2D eigenvalue weighted by Gasteiger charge is 2.42. The van der Waals surface area contributed by atoms with Crippen molar-refractivity contribution < 1.29 is 9.84 Å². The number of β-amino-alcohol motifs (C(OH)–C–C–N with tert-alkyl or cyclic N) is 1. The summed E-state index contributed by atoms with van der Waals surface area (Å²) in [5.41, 5.74) is 0.0149. The van der Waals surface area contributed by atoms with Gasteiger partial charge in [-0.05, 0) is 25.7 Å². The lowest BCUT2D eigenvalue weighted by atomic mass is 9.91. The Hall–Kier alpha value is -0.120. The smallest absolute Gasteiger partial charge is 0.121 e. The second kappa shape index (κ2) is 3.95. The van der Waals surface area contributed by atoms with Gasteiger partial charge in [-0.15, -0.1) is 0 Å². The van der Waals surface area contributed by atoms with Crippen LogP contribution in [-0.4, -0.2) is 42.0 Å². The average Bonchev–Trinajstić information content (AvgIpc) is 2.52. The quantitative estimate of drug-likeness (QED) is 0.696. The molecule has 0 unspecified atom stereocenters. The van der Waals surface area contributed by atoms with E-state index in [9.17, 15) is 0 Å². The molecule has 1 spiro atoms. The molecule has 0 aromatic rings. The zero-order valence-corrected chi connectivity index (χ0v) is 8.17. The molecule has 0 bridgehead atoms. The molecular weight excluding hydrogens is 166 g/mol. The fourth-order valence-electron chi connectivity index (χ4n) is 2.64. The molecular formula is C10H19NO2. The van der Waals surface area contributed by atoms with Crippen LogP contribution < -0.4 is 0 Å². The van der Waals surface area contributed by atoms with Crippen molar-refractivity contribution in [2.45, 2.75) is 37.8 Å². The van der Waals surface area contributed by atoms with E-state index in [0.717, 1.165) is 32.5 Å². The Kier molecular flexibility index (Phi) is 2.86. The van der Waals surface area contributed by atoms with Crippen molar-refractivity contribution >= 4 is 0 Å². The summed E-state index contributed by atoms with van der Waals surface area (Å²) >= 11 is 0. The van der Waals surface area contributed by atoms with Gasteiger partial charge in [0.05, 0.1) is 13.2 Å². The number of nitrogens with zero attached hydrogens (tertiary/aromatic N) is 1. The fourth-order valence-corrected chi connectivity index (χ4v) is 2.64. The first-order chi connectivity index (χ1) is 6.37. The molecule has 2 rings (SSSR count). The van der Waals surface area contributed by atoms with E-state index in [1.165, 1.54) is 19.3 Å². The summed E-state index contributed by atoms with van der Waals surface area (Å²) in [5, 5.41) is 8.94. The number of ether oxygens (including phenoxy) is 1. The Balaban J connectivity index is 2.00. The summed E-state index contributed by atoms with van der Waals surface area (Å²) in [7, 11) is 0. The zero-order chi connectivity index (χ0) is 9.15. The molecule has 0 aromatic heterocycles. The van der Waals surface area contributed by atoms with Gasteiger partial charge in [0.1, 0.15) is 5.72 Å². The van der Waals surface area contributed by atoms with Crippen LogP contribution in [-0.2, 0) is 4.74 Å². The molecule has 76 valence electrons. The summed E-state index contributed by atoms with van der Waals surface area (Å²) in [6, 6.07) is 0. The fraction of sp³-hybridized carbons (Fsp3) is 1.00. The third kappa shape index (κ3) is 1.73. The molecule has 0 atom stereocenters. The maximum absolute atomic E-state index is 8.94. The van der Waals surface area contributed by atoms with Gasteiger partial charge in [0.15, 0.2) is 0 Å². The summed E-state index contributed by atoms with van der Waals surface area (Å²) in [5.74, 6) is 0. The third-order valence-electron chi connectivity index (χ3n) is 3.31. The van der Waals surface area contributed by atoms with Gasteiger partial charge >= 0.3 is 0 Å². The molecule has 1 saturated heterocycles. The van der Waals surface area contributed by atoms with Crippen molar-refractivity contribution in [2.75, 3.05) is 26.3 Å². The standard InChI is InChI=1S/C10H19NO2/c12-8-6-11-7-9-13-10(11)4-2-1-3-5-10/h12H,1-9H2. The van der Waals surface area contributed by atoms with E-state index in [2.05, 4.69) is 4.90 Å². The van der Waals surface area contributed by atoms with Gasteiger partial charge in [-0.25, -0.2) is 0 Å². The minimum absolute atomic E-state index is 0.0149. The van der Waals surface area contributed by atoms with Crippen molar-refractivity contribution in [3.05, 3.63) is 0 Å². The Morgan fingerprint density at radius 2 is 2.00 bits per heavy atom. The molecule has 1 heterocycles. The number of hydrogen-bond acceptors (Lipinski definition) is 3. The largest absolute Gasteiger partial charge is 0.395 e. The van der Waals surface area contributed by atoms with Gasteiger partial charge in [0, 0.05) is 13.1 Å². The molecule has 1 aliphatic carbocycles. The highest BCUT2D eigenvalue weighted by atomic mass is 16.5. The monoisotopic (exact) mass is 185 g/mol. The van der Waals surface area contributed by atoms with E-state index in [1.807, 2.05) is 0 Å². The average molecular weight is 185 g/mol. The first-order valence-corrected chi connectivity index (χ1v) is 5.37. The van der Waals surface area contributed by atoms with Gasteiger partial charge in [0.25, 0.3) is 0 Å². The van der Waals surface area contributed by atoms with Crippen LogP contribution in [0.25, 0.3) is 0 Å². The normalized spacial score (nSPS) is 28.4. The van der Waals surface area contributed by atoms with Crippen molar-refractivity contribution in [3.63, 3.8) is 0 Å². The minimum atomic E-state index is 0.0149. The maximum atomic E-state index is 8.94. The number of aliphatic hydroxyl groups excluding tert-OH is 1. The van der Waals surface area contributed by atoms with Crippen LogP contribution in [0.1, 0.15) is 32.1 Å². The SMILES string of the molecule is OCCN1CCOC12CCCCC2. The summed E-state index contributed by atoms with van der Waals surface area (Å²) in [6.45, 7) is 2.88. The molecule has 0 aromatic carbocycles. The molecule has 1 N–H and O–H groups in total. The lowest BCUT2D eigenvalue weighted by Crippen LogP contribution is -2.47. The van der Waals surface area contributed by atoms with Crippen LogP contribution in [0.15, 0.2) is 0 Å². The van der Waals surface area contributed by atoms with Crippen molar-refractivity contribution in [1.29, 1.82) is 0 Å². The number of hydrogen-bond donors (Lipinski definition) is 1. The molecule has 0 radical (unpaired) electrons. The molecule has 2 fully saturated rings. The van der Waals surface area contributed by atoms with E-state index >= 15 is 0 Å². The first kappa shape index (κ1) is 9.44. The Morgan fingerprint density at radius 3 is 2.69 bits per heavy atom. The molecule has 1 aliphatic heterocycles. The second-order valence-electron chi connectivity index (χ2n) is 4.07. The molecule has 3 heteroatoms. The zero-order valence-electron chi connectivity index (χ0n) is 8.17. The van der Waals surface area contributed by atoms with Crippen LogP contribution in [0.4, 0.5) is 0 Å². The predicted molar refractivity (Wildman–Crippen MR) is 50.4 cm³/mol. The van der Waals surface area contributed by atoms with E-state index in [1.54, 1.807) is 0 Å². The van der Waals surface area contributed by atoms with Crippen LogP contribution in [0.2, 0.25) is 0 Å². The van der Waals surface area contributed by atoms with Crippen LogP contribution in [0.3, 0.4) is 0 Å². The van der Waals surface area contributed by atoms with E-state index in [0.29, 0.717) is 0 Å². The molecule has 0 amide bonds. The van der Waals surface area contributed by atoms with E-state index < -0.39 is 0 Å². The summed E-state index contributed by atoms with van der Waals surface area (Å²) in [6.07, 6.45) is 6.22. The predicted octanol–water partition coefficient (Wildman–Crippen LogP) is 0.971. The maximum Gasteiger partial charge on any atom is 0.121 e. The van der Waals surface area contributed by atoms with Crippen LogP contribution >= 0.6 is 0 Å². The Morgan fingerprint density at radius 1 is 1.23 bits per heavy atom. The highest BCUT2D eigenvalue weighted by molar-refractivity contribution is 4.88. The molecule has 3 nitrogen and oxygen atoms in total. The Labute approximate surface area is 79.7 Å². The molecule has 2 aliphatic rings. The number of aliphatic hydroxyl groups is 1. The minimum Gasteiger partial charge on any atom is -0.395 e. The second-order valence-corrected chi connectivity index (χ2v) is 4.07. The van der Waals surface area contributed by atoms with Gasteiger partial charge in [0.2, 0.25) is 0 Å². The number of rotatable bonds is 2. The van der Waals surface area contributed by atoms with Crippen molar-refractivity contribution in [2.24, 2.45) is 0 Å².